The van der Waals surface area contributed by atoms with Crippen LogP contribution in [0.3, 0.4) is 0 Å². The van der Waals surface area contributed by atoms with Crippen molar-refractivity contribution in [2.45, 2.75) is 23.8 Å². The van der Waals surface area contributed by atoms with Crippen molar-refractivity contribution < 1.29 is 4.79 Å². The molecule has 1 aromatic carbocycles. The SMILES string of the molecule is Cc1ccc(Sc2ncccc2C(=O)N(C)C)cc1C. The van der Waals surface area contributed by atoms with E-state index in [0.717, 1.165) is 9.92 Å². The number of hydrogen-bond acceptors (Lipinski definition) is 3. The first kappa shape index (κ1) is 14.6. The van der Waals surface area contributed by atoms with E-state index >= 15 is 0 Å². The molecule has 0 aliphatic rings. The van der Waals surface area contributed by atoms with Crippen molar-refractivity contribution in [3.63, 3.8) is 0 Å². The lowest BCUT2D eigenvalue weighted by Gasteiger charge is -2.13. The Bertz CT molecular complexity index is 638. The second-order valence-corrected chi connectivity index (χ2v) is 5.97. The number of nitrogens with zero attached hydrogens (tertiary/aromatic N) is 2. The van der Waals surface area contributed by atoms with Crippen molar-refractivity contribution in [2.24, 2.45) is 0 Å². The van der Waals surface area contributed by atoms with E-state index in [1.165, 1.54) is 22.9 Å². The molecule has 0 radical (unpaired) electrons. The van der Waals surface area contributed by atoms with Crippen molar-refractivity contribution in [3.05, 3.63) is 53.2 Å². The Labute approximate surface area is 124 Å². The molecule has 0 bridgehead atoms. The minimum Gasteiger partial charge on any atom is -0.345 e. The molecule has 104 valence electrons. The molecule has 0 N–H and O–H groups in total. The van der Waals surface area contributed by atoms with Gasteiger partial charge in [0.05, 0.1) is 5.56 Å². The third-order valence-corrected chi connectivity index (χ3v) is 4.11. The van der Waals surface area contributed by atoms with Gasteiger partial charge in [-0.15, -0.1) is 0 Å². The Kier molecular flexibility index (Phi) is 4.45. The lowest BCUT2D eigenvalue weighted by atomic mass is 10.1. The largest absolute Gasteiger partial charge is 0.345 e. The highest BCUT2D eigenvalue weighted by atomic mass is 32.2. The number of amides is 1. The first-order chi connectivity index (χ1) is 9.49. The number of rotatable bonds is 3. The predicted molar refractivity (Wildman–Crippen MR) is 82.3 cm³/mol. The highest BCUT2D eigenvalue weighted by Crippen LogP contribution is 2.30. The van der Waals surface area contributed by atoms with Crippen LogP contribution in [-0.4, -0.2) is 29.9 Å². The van der Waals surface area contributed by atoms with Crippen LogP contribution in [-0.2, 0) is 0 Å². The molecular formula is C16H18N2OS. The minimum atomic E-state index is -0.0237. The van der Waals surface area contributed by atoms with E-state index in [2.05, 4.69) is 37.0 Å². The van der Waals surface area contributed by atoms with Crippen molar-refractivity contribution >= 4 is 17.7 Å². The predicted octanol–water partition coefficient (Wildman–Crippen LogP) is 3.55. The summed E-state index contributed by atoms with van der Waals surface area (Å²) >= 11 is 1.52. The van der Waals surface area contributed by atoms with E-state index in [1.54, 1.807) is 31.3 Å². The van der Waals surface area contributed by atoms with E-state index in [4.69, 9.17) is 0 Å². The normalized spacial score (nSPS) is 10.4. The molecule has 0 spiro atoms. The lowest BCUT2D eigenvalue weighted by Crippen LogP contribution is -2.22. The Morgan fingerprint density at radius 1 is 1.15 bits per heavy atom. The maximum atomic E-state index is 12.1. The highest BCUT2D eigenvalue weighted by molar-refractivity contribution is 7.99. The van der Waals surface area contributed by atoms with Crippen molar-refractivity contribution in [1.82, 2.24) is 9.88 Å². The first-order valence-electron chi connectivity index (χ1n) is 6.41. The number of carbonyl (C=O) groups is 1. The third kappa shape index (κ3) is 3.20. The van der Waals surface area contributed by atoms with Gasteiger partial charge in [0.2, 0.25) is 0 Å². The standard InChI is InChI=1S/C16H18N2OS/c1-11-7-8-13(10-12(11)2)20-15-14(6-5-9-17-15)16(19)18(3)4/h5-10H,1-4H3. The van der Waals surface area contributed by atoms with Crippen LogP contribution in [0.25, 0.3) is 0 Å². The number of pyridine rings is 1. The quantitative estimate of drug-likeness (QED) is 0.865. The van der Waals surface area contributed by atoms with Crippen LogP contribution in [0.2, 0.25) is 0 Å². The van der Waals surface area contributed by atoms with Crippen LogP contribution in [0, 0.1) is 13.8 Å². The average molecular weight is 286 g/mol. The van der Waals surface area contributed by atoms with Gasteiger partial charge < -0.3 is 4.90 Å². The van der Waals surface area contributed by atoms with Crippen molar-refractivity contribution in [1.29, 1.82) is 0 Å². The van der Waals surface area contributed by atoms with Crippen molar-refractivity contribution in [2.75, 3.05) is 14.1 Å². The molecule has 2 aromatic rings. The Morgan fingerprint density at radius 2 is 1.90 bits per heavy atom. The van der Waals surface area contributed by atoms with E-state index < -0.39 is 0 Å². The fraction of sp³-hybridized carbons (Fsp3) is 0.250. The van der Waals surface area contributed by atoms with Gasteiger partial charge in [0.15, 0.2) is 0 Å². The van der Waals surface area contributed by atoms with E-state index in [0.29, 0.717) is 5.56 Å². The van der Waals surface area contributed by atoms with Crippen molar-refractivity contribution in [3.8, 4) is 0 Å². The molecule has 3 nitrogen and oxygen atoms in total. The van der Waals surface area contributed by atoms with Crippen LogP contribution in [0.15, 0.2) is 46.5 Å². The molecule has 4 heteroatoms. The van der Waals surface area contributed by atoms with Gasteiger partial charge in [0, 0.05) is 25.2 Å². The number of benzene rings is 1. The molecular weight excluding hydrogens is 268 g/mol. The summed E-state index contributed by atoms with van der Waals surface area (Å²) in [7, 11) is 3.50. The number of hydrogen-bond donors (Lipinski definition) is 0. The second-order valence-electron chi connectivity index (χ2n) is 4.90. The molecule has 0 aliphatic heterocycles. The van der Waals surface area contributed by atoms with Gasteiger partial charge in [0.1, 0.15) is 5.03 Å². The molecule has 1 amide bonds. The zero-order valence-electron chi connectivity index (χ0n) is 12.2. The second kappa shape index (κ2) is 6.09. The van der Waals surface area contributed by atoms with Crippen LogP contribution >= 0.6 is 11.8 Å². The smallest absolute Gasteiger partial charge is 0.256 e. The zero-order valence-corrected chi connectivity index (χ0v) is 13.0. The lowest BCUT2D eigenvalue weighted by molar-refractivity contribution is 0.0823. The third-order valence-electron chi connectivity index (χ3n) is 3.10. The van der Waals surface area contributed by atoms with Gasteiger partial charge in [0.25, 0.3) is 5.91 Å². The maximum Gasteiger partial charge on any atom is 0.256 e. The van der Waals surface area contributed by atoms with Gasteiger partial charge in [-0.25, -0.2) is 4.98 Å². The van der Waals surface area contributed by atoms with Crippen LogP contribution in [0.5, 0.6) is 0 Å². The van der Waals surface area contributed by atoms with E-state index in [-0.39, 0.29) is 5.91 Å². The van der Waals surface area contributed by atoms with Gasteiger partial charge in [-0.3, -0.25) is 4.79 Å². The molecule has 0 aliphatic carbocycles. The van der Waals surface area contributed by atoms with Gasteiger partial charge in [-0.1, -0.05) is 17.8 Å². The highest BCUT2D eigenvalue weighted by Gasteiger charge is 2.15. The zero-order chi connectivity index (χ0) is 14.7. The first-order valence-corrected chi connectivity index (χ1v) is 7.22. The van der Waals surface area contributed by atoms with Crippen LogP contribution in [0.1, 0.15) is 21.5 Å². The molecule has 0 unspecified atom stereocenters. The minimum absolute atomic E-state index is 0.0237. The van der Waals surface area contributed by atoms with Crippen LogP contribution < -0.4 is 0 Å². The van der Waals surface area contributed by atoms with E-state index in [9.17, 15) is 4.79 Å². The Hall–Kier alpha value is -1.81. The van der Waals surface area contributed by atoms with Gasteiger partial charge >= 0.3 is 0 Å². The summed E-state index contributed by atoms with van der Waals surface area (Å²) in [6, 6.07) is 9.89. The average Bonchev–Trinajstić information content (AvgIpc) is 2.42. The molecule has 2 rings (SSSR count). The molecule has 0 fully saturated rings. The summed E-state index contributed by atoms with van der Waals surface area (Å²) in [5, 5.41) is 0.745. The molecule has 0 saturated carbocycles. The number of carbonyl (C=O) groups excluding carboxylic acids is 1. The van der Waals surface area contributed by atoms with Gasteiger partial charge in [-0.05, 0) is 49.2 Å². The number of aryl methyl sites for hydroxylation is 2. The Morgan fingerprint density at radius 3 is 2.55 bits per heavy atom. The summed E-state index contributed by atoms with van der Waals surface area (Å²) in [5.74, 6) is -0.0237. The Balaban J connectivity index is 2.34. The maximum absolute atomic E-state index is 12.1. The van der Waals surface area contributed by atoms with E-state index in [1.807, 2.05) is 6.07 Å². The molecule has 0 atom stereocenters. The summed E-state index contributed by atoms with van der Waals surface area (Å²) in [6.45, 7) is 4.18. The topological polar surface area (TPSA) is 33.2 Å². The molecule has 20 heavy (non-hydrogen) atoms. The molecule has 1 heterocycles. The number of aromatic nitrogens is 1. The summed E-state index contributed by atoms with van der Waals surface area (Å²) in [6.07, 6.45) is 1.72. The fourth-order valence-corrected chi connectivity index (χ4v) is 2.74. The van der Waals surface area contributed by atoms with Crippen LogP contribution in [0.4, 0.5) is 0 Å². The summed E-state index contributed by atoms with van der Waals surface area (Å²) in [4.78, 5) is 19.2. The summed E-state index contributed by atoms with van der Waals surface area (Å²) in [5.41, 5.74) is 3.15. The fourth-order valence-electron chi connectivity index (χ4n) is 1.76. The van der Waals surface area contributed by atoms with Gasteiger partial charge in [-0.2, -0.15) is 0 Å². The molecule has 1 aromatic heterocycles. The monoisotopic (exact) mass is 286 g/mol. The summed E-state index contributed by atoms with van der Waals surface area (Å²) < 4.78 is 0. The molecule has 0 saturated heterocycles.